The molecule has 1 rings (SSSR count). The first-order valence-corrected chi connectivity index (χ1v) is 4.20. The summed E-state index contributed by atoms with van der Waals surface area (Å²) in [5, 5.41) is 8.88. The van der Waals surface area contributed by atoms with Crippen LogP contribution in [0.5, 0.6) is 0 Å². The smallest absolute Gasteiger partial charge is 0.0471 e. The highest BCUT2D eigenvalue weighted by atomic mass is 16.3. The van der Waals surface area contributed by atoms with Gasteiger partial charge in [0, 0.05) is 13.2 Å². The molecule has 1 fully saturated rings. The van der Waals surface area contributed by atoms with E-state index in [2.05, 4.69) is 11.8 Å². The number of likely N-dealkylation sites (tertiary alicyclic amines) is 1. The van der Waals surface area contributed by atoms with Gasteiger partial charge in [0.15, 0.2) is 0 Å². The maximum atomic E-state index is 8.88. The summed E-state index contributed by atoms with van der Waals surface area (Å²) in [5.74, 6) is 0.550. The van der Waals surface area contributed by atoms with Gasteiger partial charge in [0.05, 0.1) is 0 Å². The number of piperidine rings is 1. The lowest BCUT2D eigenvalue weighted by Gasteiger charge is -2.30. The molecule has 1 N–H and O–H groups in total. The van der Waals surface area contributed by atoms with E-state index < -0.39 is 0 Å². The fraction of sp³-hybridized carbons (Fsp3) is 1.00. The van der Waals surface area contributed by atoms with Crippen molar-refractivity contribution < 1.29 is 5.11 Å². The summed E-state index contributed by atoms with van der Waals surface area (Å²) < 4.78 is 0. The zero-order chi connectivity index (χ0) is 7.40. The second-order valence-electron chi connectivity index (χ2n) is 3.08. The maximum absolute atomic E-state index is 8.88. The molecule has 1 atom stereocenters. The lowest BCUT2D eigenvalue weighted by Crippen LogP contribution is -2.36. The average Bonchev–Trinajstić information content (AvgIpc) is 2.05. The van der Waals surface area contributed by atoms with Gasteiger partial charge in [0.25, 0.3) is 0 Å². The average molecular weight is 143 g/mol. The predicted octanol–water partition coefficient (Wildman–Crippen LogP) is 0.711. The van der Waals surface area contributed by atoms with Crippen LogP contribution in [-0.4, -0.2) is 36.2 Å². The van der Waals surface area contributed by atoms with E-state index in [0.29, 0.717) is 12.5 Å². The summed E-state index contributed by atoms with van der Waals surface area (Å²) in [5.41, 5.74) is 0. The van der Waals surface area contributed by atoms with Gasteiger partial charge in [-0.2, -0.15) is 0 Å². The molecule has 1 heterocycles. The molecule has 1 aliphatic heterocycles. The van der Waals surface area contributed by atoms with Crippen molar-refractivity contribution in [2.24, 2.45) is 5.92 Å². The van der Waals surface area contributed by atoms with Crippen LogP contribution in [-0.2, 0) is 0 Å². The van der Waals surface area contributed by atoms with Gasteiger partial charge in [-0.1, -0.05) is 6.92 Å². The Kier molecular flexibility index (Phi) is 3.16. The minimum atomic E-state index is 0.372. The molecule has 0 unspecified atom stereocenters. The highest BCUT2D eigenvalue weighted by Gasteiger charge is 2.16. The number of nitrogens with zero attached hydrogens (tertiary/aromatic N) is 1. The van der Waals surface area contributed by atoms with E-state index in [0.717, 1.165) is 13.1 Å². The van der Waals surface area contributed by atoms with Crippen LogP contribution >= 0.6 is 0 Å². The van der Waals surface area contributed by atoms with Crippen molar-refractivity contribution in [2.45, 2.75) is 19.8 Å². The van der Waals surface area contributed by atoms with E-state index in [9.17, 15) is 0 Å². The van der Waals surface area contributed by atoms with E-state index in [1.807, 2.05) is 0 Å². The molecule has 0 aliphatic carbocycles. The summed E-state index contributed by atoms with van der Waals surface area (Å²) in [6, 6.07) is 0. The van der Waals surface area contributed by atoms with Crippen LogP contribution in [0.4, 0.5) is 0 Å². The second-order valence-corrected chi connectivity index (χ2v) is 3.08. The van der Waals surface area contributed by atoms with Gasteiger partial charge < -0.3 is 10.0 Å². The molecule has 0 saturated carbocycles. The summed E-state index contributed by atoms with van der Waals surface area (Å²) in [6.07, 6.45) is 2.48. The third-order valence-electron chi connectivity index (χ3n) is 2.31. The highest BCUT2D eigenvalue weighted by molar-refractivity contribution is 4.70. The summed E-state index contributed by atoms with van der Waals surface area (Å²) in [7, 11) is 0. The Hall–Kier alpha value is -0.0800. The Bertz CT molecular complexity index is 85.3. The number of hydrogen-bond acceptors (Lipinski definition) is 2. The topological polar surface area (TPSA) is 23.5 Å². The number of rotatable bonds is 2. The van der Waals surface area contributed by atoms with E-state index >= 15 is 0 Å². The normalized spacial score (nSPS) is 28.8. The largest absolute Gasteiger partial charge is 0.396 e. The van der Waals surface area contributed by atoms with Crippen LogP contribution in [0.3, 0.4) is 0 Å². The quantitative estimate of drug-likeness (QED) is 0.615. The molecule has 0 aromatic rings. The fourth-order valence-electron chi connectivity index (χ4n) is 1.59. The van der Waals surface area contributed by atoms with Gasteiger partial charge >= 0.3 is 0 Å². The molecule has 0 radical (unpaired) electrons. The first-order valence-electron chi connectivity index (χ1n) is 4.20. The molecular formula is C8H17NO. The minimum absolute atomic E-state index is 0.372. The predicted molar refractivity (Wildman–Crippen MR) is 41.9 cm³/mol. The number of aliphatic hydroxyl groups is 1. The van der Waals surface area contributed by atoms with E-state index in [4.69, 9.17) is 5.11 Å². The molecule has 0 spiro atoms. The monoisotopic (exact) mass is 143 g/mol. The Morgan fingerprint density at radius 1 is 1.60 bits per heavy atom. The van der Waals surface area contributed by atoms with Crippen molar-refractivity contribution in [3.8, 4) is 0 Å². The molecular weight excluding hydrogens is 126 g/mol. The van der Waals surface area contributed by atoms with Crippen LogP contribution in [0.2, 0.25) is 0 Å². The standard InChI is InChI=1S/C8H17NO/c1-2-9-5-3-4-8(6-9)7-10/h8,10H,2-7H2,1H3/t8-/m0/s1. The fourth-order valence-corrected chi connectivity index (χ4v) is 1.59. The second kappa shape index (κ2) is 3.94. The number of aliphatic hydroxyl groups excluding tert-OH is 1. The molecule has 2 heteroatoms. The van der Waals surface area contributed by atoms with Crippen molar-refractivity contribution >= 4 is 0 Å². The van der Waals surface area contributed by atoms with Gasteiger partial charge in [-0.25, -0.2) is 0 Å². The van der Waals surface area contributed by atoms with Crippen LogP contribution in [0.15, 0.2) is 0 Å². The van der Waals surface area contributed by atoms with Crippen molar-refractivity contribution in [3.05, 3.63) is 0 Å². The first-order chi connectivity index (χ1) is 4.86. The molecule has 1 aliphatic rings. The Labute approximate surface area is 62.8 Å². The zero-order valence-corrected chi connectivity index (χ0v) is 6.71. The molecule has 10 heavy (non-hydrogen) atoms. The van der Waals surface area contributed by atoms with E-state index in [-0.39, 0.29) is 0 Å². The van der Waals surface area contributed by atoms with Crippen molar-refractivity contribution in [2.75, 3.05) is 26.2 Å². The molecule has 2 nitrogen and oxygen atoms in total. The van der Waals surface area contributed by atoms with Crippen molar-refractivity contribution in [3.63, 3.8) is 0 Å². The highest BCUT2D eigenvalue weighted by Crippen LogP contribution is 2.14. The Morgan fingerprint density at radius 3 is 3.00 bits per heavy atom. The SMILES string of the molecule is CCN1CCC[C@H](CO)C1. The third kappa shape index (κ3) is 1.96. The summed E-state index contributed by atoms with van der Waals surface area (Å²) in [6.45, 7) is 6.02. The van der Waals surface area contributed by atoms with Crippen LogP contribution < -0.4 is 0 Å². The third-order valence-corrected chi connectivity index (χ3v) is 2.31. The lowest BCUT2D eigenvalue weighted by atomic mass is 9.99. The van der Waals surface area contributed by atoms with E-state index in [1.54, 1.807) is 0 Å². The molecule has 0 aromatic heterocycles. The molecule has 0 bridgehead atoms. The minimum Gasteiger partial charge on any atom is -0.396 e. The molecule has 1 saturated heterocycles. The maximum Gasteiger partial charge on any atom is 0.0471 e. The lowest BCUT2D eigenvalue weighted by molar-refractivity contribution is 0.125. The van der Waals surface area contributed by atoms with Gasteiger partial charge in [-0.15, -0.1) is 0 Å². The van der Waals surface area contributed by atoms with Crippen LogP contribution in [0.1, 0.15) is 19.8 Å². The Morgan fingerprint density at radius 2 is 2.40 bits per heavy atom. The van der Waals surface area contributed by atoms with Crippen molar-refractivity contribution in [1.29, 1.82) is 0 Å². The summed E-state index contributed by atoms with van der Waals surface area (Å²) >= 11 is 0. The van der Waals surface area contributed by atoms with Crippen molar-refractivity contribution in [1.82, 2.24) is 4.90 Å². The Balaban J connectivity index is 2.25. The van der Waals surface area contributed by atoms with Gasteiger partial charge in [-0.3, -0.25) is 0 Å². The van der Waals surface area contributed by atoms with Gasteiger partial charge in [0.2, 0.25) is 0 Å². The van der Waals surface area contributed by atoms with Gasteiger partial charge in [0.1, 0.15) is 0 Å². The molecule has 0 aromatic carbocycles. The first kappa shape index (κ1) is 8.02. The summed E-state index contributed by atoms with van der Waals surface area (Å²) in [4.78, 5) is 2.41. The number of hydrogen-bond donors (Lipinski definition) is 1. The molecule has 60 valence electrons. The van der Waals surface area contributed by atoms with Gasteiger partial charge in [-0.05, 0) is 31.8 Å². The van der Waals surface area contributed by atoms with Crippen LogP contribution in [0, 0.1) is 5.92 Å². The van der Waals surface area contributed by atoms with E-state index in [1.165, 1.54) is 19.4 Å². The zero-order valence-electron chi connectivity index (χ0n) is 6.71. The van der Waals surface area contributed by atoms with Crippen LogP contribution in [0.25, 0.3) is 0 Å². The molecule has 0 amide bonds.